The molecule has 1 aromatic carbocycles. The van der Waals surface area contributed by atoms with Crippen molar-refractivity contribution in [3.8, 4) is 11.5 Å². The Bertz CT molecular complexity index is 369. The lowest BCUT2D eigenvalue weighted by atomic mass is 10.0. The van der Waals surface area contributed by atoms with Gasteiger partial charge in [-0.05, 0) is 43.5 Å². The van der Waals surface area contributed by atoms with E-state index in [9.17, 15) is 10.2 Å². The molecule has 0 fully saturated rings. The lowest BCUT2D eigenvalue weighted by molar-refractivity contribution is 0.449. The van der Waals surface area contributed by atoms with Crippen molar-refractivity contribution in [1.82, 2.24) is 0 Å². The second kappa shape index (κ2) is 2.46. The molecule has 0 amide bonds. The van der Waals surface area contributed by atoms with E-state index in [-0.39, 0.29) is 17.1 Å². The van der Waals surface area contributed by atoms with Gasteiger partial charge in [-0.2, -0.15) is 0 Å². The summed E-state index contributed by atoms with van der Waals surface area (Å²) in [5.74, 6) is -0.369. The smallest absolute Gasteiger partial charge is 0.121 e. The van der Waals surface area contributed by atoms with Crippen LogP contribution in [0.4, 0.5) is 0 Å². The molecule has 2 N–H and O–H groups in total. The fourth-order valence-corrected chi connectivity index (χ4v) is 0.885. The van der Waals surface area contributed by atoms with Crippen molar-refractivity contribution in [3.05, 3.63) is 22.8 Å². The fraction of sp³-hybridized carbons (Fsp3) is 0.333. The summed E-state index contributed by atoms with van der Waals surface area (Å²) in [6, 6.07) is 1.09. The Balaban J connectivity index is 3.49. The van der Waals surface area contributed by atoms with Crippen LogP contribution in [0.25, 0.3) is 0 Å². The molecule has 0 aliphatic carbocycles. The van der Waals surface area contributed by atoms with Crippen molar-refractivity contribution in [2.75, 3.05) is 0 Å². The van der Waals surface area contributed by atoms with Gasteiger partial charge in [0.2, 0.25) is 0 Å². The Hall–Kier alpha value is -1.18. The van der Waals surface area contributed by atoms with E-state index in [0.29, 0.717) is 11.1 Å². The molecule has 60 valence electrons. The Morgan fingerprint density at radius 3 is 2.45 bits per heavy atom. The van der Waals surface area contributed by atoms with E-state index in [1.54, 1.807) is 13.8 Å². The topological polar surface area (TPSA) is 40.5 Å². The van der Waals surface area contributed by atoms with Crippen molar-refractivity contribution in [3.63, 3.8) is 0 Å². The van der Waals surface area contributed by atoms with Crippen molar-refractivity contribution in [2.45, 2.75) is 20.7 Å². The Morgan fingerprint density at radius 1 is 1.27 bits per heavy atom. The molecule has 2 heteroatoms. The van der Waals surface area contributed by atoms with Gasteiger partial charge in [0.1, 0.15) is 11.5 Å². The van der Waals surface area contributed by atoms with Gasteiger partial charge in [0.05, 0.1) is 0 Å². The zero-order valence-corrected chi connectivity index (χ0v) is 6.47. The molecular weight excluding hydrogens is 140 g/mol. The molecule has 0 aliphatic heterocycles. The maximum atomic E-state index is 9.57. The molecule has 0 aliphatic rings. The SMILES string of the molecule is [2H]C([2H])([2H])c1cc(O)c(C)c(C)c1O. The number of aryl methyl sites for hydroxylation is 1. The fourth-order valence-electron chi connectivity index (χ4n) is 0.885. The predicted octanol–water partition coefficient (Wildman–Crippen LogP) is 2.02. The highest BCUT2D eigenvalue weighted by molar-refractivity contribution is 5.50. The van der Waals surface area contributed by atoms with Crippen molar-refractivity contribution >= 4 is 0 Å². The quantitative estimate of drug-likeness (QED) is 0.563. The molecular formula is C9H12O2. The zero-order valence-electron chi connectivity index (χ0n) is 9.47. The summed E-state index contributed by atoms with van der Waals surface area (Å²) in [6.45, 7) is 0.785. The molecule has 0 atom stereocenters. The number of hydrogen-bond donors (Lipinski definition) is 2. The molecule has 0 saturated carbocycles. The molecule has 1 aromatic rings. The largest absolute Gasteiger partial charge is 0.508 e. The number of phenols is 2. The first kappa shape index (κ1) is 4.65. The molecule has 0 bridgehead atoms. The van der Waals surface area contributed by atoms with E-state index in [2.05, 4.69) is 0 Å². The lowest BCUT2D eigenvalue weighted by Crippen LogP contribution is -1.85. The Labute approximate surface area is 70.3 Å². The zero-order chi connectivity index (χ0) is 11.1. The van der Waals surface area contributed by atoms with Crippen LogP contribution >= 0.6 is 0 Å². The van der Waals surface area contributed by atoms with Gasteiger partial charge in [0.25, 0.3) is 0 Å². The summed E-state index contributed by atoms with van der Waals surface area (Å²) in [7, 11) is 0. The summed E-state index contributed by atoms with van der Waals surface area (Å²) >= 11 is 0. The molecule has 1 rings (SSSR count). The molecule has 0 unspecified atom stereocenters. The molecule has 0 spiro atoms. The highest BCUT2D eigenvalue weighted by atomic mass is 16.3. The third-order valence-corrected chi connectivity index (χ3v) is 1.84. The van der Waals surface area contributed by atoms with Crippen LogP contribution < -0.4 is 0 Å². The Morgan fingerprint density at radius 2 is 1.91 bits per heavy atom. The van der Waals surface area contributed by atoms with Crippen LogP contribution in [-0.4, -0.2) is 10.2 Å². The van der Waals surface area contributed by atoms with Gasteiger partial charge < -0.3 is 10.2 Å². The number of rotatable bonds is 0. The summed E-state index contributed by atoms with van der Waals surface area (Å²) in [6.07, 6.45) is 0. The second-order valence-electron chi connectivity index (χ2n) is 2.54. The normalized spacial score (nSPS) is 15.3. The van der Waals surface area contributed by atoms with Gasteiger partial charge >= 0.3 is 0 Å². The van der Waals surface area contributed by atoms with E-state index in [1.165, 1.54) is 0 Å². The predicted molar refractivity (Wildman–Crippen MR) is 44.0 cm³/mol. The van der Waals surface area contributed by atoms with Crippen molar-refractivity contribution in [2.24, 2.45) is 0 Å². The van der Waals surface area contributed by atoms with Crippen molar-refractivity contribution in [1.29, 1.82) is 0 Å². The van der Waals surface area contributed by atoms with E-state index in [4.69, 9.17) is 4.11 Å². The van der Waals surface area contributed by atoms with Crippen molar-refractivity contribution < 1.29 is 14.3 Å². The van der Waals surface area contributed by atoms with Crippen LogP contribution in [-0.2, 0) is 0 Å². The third-order valence-electron chi connectivity index (χ3n) is 1.84. The average molecular weight is 155 g/mol. The molecule has 11 heavy (non-hydrogen) atoms. The number of benzene rings is 1. The van der Waals surface area contributed by atoms with Gasteiger partial charge in [-0.3, -0.25) is 0 Å². The summed E-state index contributed by atoms with van der Waals surface area (Å²) in [4.78, 5) is 0. The van der Waals surface area contributed by atoms with Gasteiger partial charge in [-0.25, -0.2) is 0 Å². The summed E-state index contributed by atoms with van der Waals surface area (Å²) in [5.41, 5.74) is 0.685. The number of hydrogen-bond acceptors (Lipinski definition) is 2. The summed E-state index contributed by atoms with van der Waals surface area (Å²) < 4.78 is 21.4. The van der Waals surface area contributed by atoms with Crippen LogP contribution in [0.15, 0.2) is 6.07 Å². The van der Waals surface area contributed by atoms with Crippen LogP contribution in [0.5, 0.6) is 11.5 Å². The number of aromatic hydroxyl groups is 2. The van der Waals surface area contributed by atoms with E-state index in [0.717, 1.165) is 6.07 Å². The lowest BCUT2D eigenvalue weighted by Gasteiger charge is -2.07. The molecule has 0 radical (unpaired) electrons. The molecule has 2 nitrogen and oxygen atoms in total. The molecule has 0 saturated heterocycles. The Kier molecular flexibility index (Phi) is 1.04. The highest BCUT2D eigenvalue weighted by Gasteiger charge is 2.06. The molecule has 0 aromatic heterocycles. The minimum Gasteiger partial charge on any atom is -0.508 e. The van der Waals surface area contributed by atoms with Gasteiger partial charge in [0, 0.05) is 4.11 Å². The third kappa shape index (κ3) is 1.16. The highest BCUT2D eigenvalue weighted by Crippen LogP contribution is 2.30. The molecule has 0 heterocycles. The van der Waals surface area contributed by atoms with Crippen LogP contribution in [0.3, 0.4) is 0 Å². The number of phenolic OH excluding ortho intramolecular Hbond substituents is 2. The monoisotopic (exact) mass is 155 g/mol. The van der Waals surface area contributed by atoms with Crippen LogP contribution in [0, 0.1) is 20.7 Å². The van der Waals surface area contributed by atoms with Crippen LogP contribution in [0.1, 0.15) is 20.8 Å². The maximum Gasteiger partial charge on any atom is 0.121 e. The average Bonchev–Trinajstić information content (AvgIpc) is 2.06. The van der Waals surface area contributed by atoms with Gasteiger partial charge in [0.15, 0.2) is 0 Å². The maximum absolute atomic E-state index is 9.57. The second-order valence-corrected chi connectivity index (χ2v) is 2.54. The van der Waals surface area contributed by atoms with Gasteiger partial charge in [-0.1, -0.05) is 0 Å². The van der Waals surface area contributed by atoms with Crippen LogP contribution in [0.2, 0.25) is 0 Å². The first-order valence-electron chi connectivity index (χ1n) is 4.77. The van der Waals surface area contributed by atoms with E-state index >= 15 is 0 Å². The minimum atomic E-state index is -2.40. The first-order valence-corrected chi connectivity index (χ1v) is 3.27. The summed E-state index contributed by atoms with van der Waals surface area (Å²) in [5, 5.41) is 19.0. The first-order chi connectivity index (χ1) is 6.25. The minimum absolute atomic E-state index is 0.105. The van der Waals surface area contributed by atoms with Gasteiger partial charge in [-0.15, -0.1) is 0 Å². The standard InChI is InChI=1S/C9H12O2/c1-5-4-8(10)6(2)7(3)9(5)11/h4,10-11H,1-3H3/i1D3. The van der Waals surface area contributed by atoms with E-state index < -0.39 is 6.85 Å². The van der Waals surface area contributed by atoms with E-state index in [1.807, 2.05) is 0 Å².